The topological polar surface area (TPSA) is 39.6 Å². The van der Waals surface area contributed by atoms with Gasteiger partial charge in [-0.1, -0.05) is 0 Å². The van der Waals surface area contributed by atoms with Crippen molar-refractivity contribution in [1.82, 2.24) is 14.8 Å². The Labute approximate surface area is 99.7 Å². The van der Waals surface area contributed by atoms with Crippen LogP contribution >= 0.6 is 0 Å². The maximum atomic E-state index is 13.6. The number of rotatable bonds is 2. The number of piperazine rings is 3. The monoisotopic (exact) mass is 237 g/mol. The first-order valence-corrected chi connectivity index (χ1v) is 5.99. The number of nitrogens with zero attached hydrogens (tertiary/aromatic N) is 3. The third-order valence-electron chi connectivity index (χ3n) is 3.81. The van der Waals surface area contributed by atoms with E-state index in [0.717, 1.165) is 38.9 Å². The molecular formula is C12H16FN3O. The lowest BCUT2D eigenvalue weighted by Crippen LogP contribution is -2.62. The van der Waals surface area contributed by atoms with E-state index in [0.29, 0.717) is 5.56 Å². The molecule has 2 unspecified atom stereocenters. The second kappa shape index (κ2) is 4.33. The Hall–Kier alpha value is -1.04. The molecule has 4 rings (SSSR count). The molecule has 92 valence electrons. The highest BCUT2D eigenvalue weighted by Crippen LogP contribution is 2.28. The van der Waals surface area contributed by atoms with Gasteiger partial charge in [0.25, 0.3) is 0 Å². The van der Waals surface area contributed by atoms with Gasteiger partial charge in [-0.05, 0) is 6.07 Å². The Morgan fingerprint density at radius 2 is 2.12 bits per heavy atom. The molecule has 0 saturated carbocycles. The molecule has 3 saturated heterocycles. The van der Waals surface area contributed by atoms with Gasteiger partial charge in [0.1, 0.15) is 5.82 Å². The summed E-state index contributed by atoms with van der Waals surface area (Å²) in [5.41, 5.74) is 0.360. The fourth-order valence-corrected chi connectivity index (χ4v) is 2.79. The number of aliphatic hydroxyl groups excluding tert-OH is 1. The number of pyridine rings is 1. The number of halogens is 1. The minimum Gasteiger partial charge on any atom is -0.387 e. The predicted molar refractivity (Wildman–Crippen MR) is 61.0 cm³/mol. The summed E-state index contributed by atoms with van der Waals surface area (Å²) in [4.78, 5) is 8.29. The molecule has 3 fully saturated rings. The zero-order valence-electron chi connectivity index (χ0n) is 9.59. The van der Waals surface area contributed by atoms with E-state index in [4.69, 9.17) is 0 Å². The van der Waals surface area contributed by atoms with E-state index in [9.17, 15) is 9.50 Å². The summed E-state index contributed by atoms with van der Waals surface area (Å²) < 4.78 is 13.6. The first-order chi connectivity index (χ1) is 8.25. The molecule has 2 bridgehead atoms. The van der Waals surface area contributed by atoms with Crippen molar-refractivity contribution in [2.45, 2.75) is 12.1 Å². The van der Waals surface area contributed by atoms with Crippen LogP contribution in [-0.2, 0) is 0 Å². The summed E-state index contributed by atoms with van der Waals surface area (Å²) in [6, 6.07) is 1.58. The molecule has 17 heavy (non-hydrogen) atoms. The summed E-state index contributed by atoms with van der Waals surface area (Å²) in [7, 11) is 0. The van der Waals surface area contributed by atoms with Crippen LogP contribution < -0.4 is 0 Å². The molecule has 4 nitrogen and oxygen atoms in total. The normalized spacial score (nSPS) is 33.6. The Bertz CT molecular complexity index is 406. The van der Waals surface area contributed by atoms with Crippen molar-refractivity contribution in [3.8, 4) is 0 Å². The van der Waals surface area contributed by atoms with Crippen molar-refractivity contribution in [2.75, 3.05) is 32.7 Å². The van der Waals surface area contributed by atoms with E-state index >= 15 is 0 Å². The van der Waals surface area contributed by atoms with E-state index < -0.39 is 11.9 Å². The van der Waals surface area contributed by atoms with Gasteiger partial charge in [0, 0.05) is 44.5 Å². The molecule has 4 heterocycles. The van der Waals surface area contributed by atoms with Gasteiger partial charge in [-0.25, -0.2) is 4.39 Å². The molecular weight excluding hydrogens is 221 g/mol. The van der Waals surface area contributed by atoms with Gasteiger partial charge >= 0.3 is 0 Å². The van der Waals surface area contributed by atoms with Crippen molar-refractivity contribution in [3.05, 3.63) is 29.8 Å². The van der Waals surface area contributed by atoms with E-state index in [1.54, 1.807) is 6.07 Å². The highest BCUT2D eigenvalue weighted by atomic mass is 19.1. The van der Waals surface area contributed by atoms with Crippen LogP contribution in [0.3, 0.4) is 0 Å². The zero-order chi connectivity index (χ0) is 11.8. The molecule has 3 aliphatic heterocycles. The van der Waals surface area contributed by atoms with Gasteiger partial charge in [-0.2, -0.15) is 0 Å². The van der Waals surface area contributed by atoms with Gasteiger partial charge in [0.2, 0.25) is 0 Å². The van der Waals surface area contributed by atoms with E-state index in [1.165, 1.54) is 6.20 Å². The first kappa shape index (κ1) is 11.1. The van der Waals surface area contributed by atoms with Crippen LogP contribution in [0.1, 0.15) is 11.7 Å². The van der Waals surface area contributed by atoms with Crippen molar-refractivity contribution < 1.29 is 9.50 Å². The standard InChI is InChI=1S/C12H16FN3O/c13-10-7-14-2-1-9(10)12(17)11-8-15-3-5-16(11)6-4-15/h1-2,7,11-12,17H,3-6,8H2. The van der Waals surface area contributed by atoms with Gasteiger partial charge in [-0.3, -0.25) is 14.8 Å². The smallest absolute Gasteiger partial charge is 0.147 e. The van der Waals surface area contributed by atoms with Gasteiger partial charge < -0.3 is 5.11 Å². The lowest BCUT2D eigenvalue weighted by atomic mass is 9.97. The highest BCUT2D eigenvalue weighted by molar-refractivity contribution is 5.18. The molecule has 1 aromatic rings. The van der Waals surface area contributed by atoms with E-state index in [-0.39, 0.29) is 6.04 Å². The van der Waals surface area contributed by atoms with Crippen LogP contribution in [0.25, 0.3) is 0 Å². The van der Waals surface area contributed by atoms with E-state index in [1.807, 2.05) is 0 Å². The molecule has 5 heteroatoms. The van der Waals surface area contributed by atoms with Crippen LogP contribution in [-0.4, -0.2) is 58.7 Å². The summed E-state index contributed by atoms with van der Waals surface area (Å²) in [6.07, 6.45) is 1.93. The Morgan fingerprint density at radius 3 is 2.71 bits per heavy atom. The van der Waals surface area contributed by atoms with Gasteiger partial charge in [0.05, 0.1) is 18.3 Å². The van der Waals surface area contributed by atoms with Crippen LogP contribution in [0.2, 0.25) is 0 Å². The predicted octanol–water partition coefficient (Wildman–Crippen LogP) is 0.254. The second-order valence-corrected chi connectivity index (χ2v) is 4.75. The van der Waals surface area contributed by atoms with Gasteiger partial charge in [0.15, 0.2) is 0 Å². The minimum absolute atomic E-state index is 0.00870. The molecule has 2 atom stereocenters. The minimum atomic E-state index is -0.763. The van der Waals surface area contributed by atoms with Crippen LogP contribution in [0.5, 0.6) is 0 Å². The summed E-state index contributed by atoms with van der Waals surface area (Å²) in [5, 5.41) is 10.3. The van der Waals surface area contributed by atoms with Crippen LogP contribution in [0.15, 0.2) is 18.5 Å². The quantitative estimate of drug-likeness (QED) is 0.800. The average Bonchev–Trinajstić information content (AvgIpc) is 2.40. The van der Waals surface area contributed by atoms with Crippen molar-refractivity contribution in [2.24, 2.45) is 0 Å². The largest absolute Gasteiger partial charge is 0.387 e. The number of fused-ring (bicyclic) bond motifs is 3. The Morgan fingerprint density at radius 1 is 1.35 bits per heavy atom. The third-order valence-corrected chi connectivity index (χ3v) is 3.81. The van der Waals surface area contributed by atoms with Crippen molar-refractivity contribution in [3.63, 3.8) is 0 Å². The number of aromatic nitrogens is 1. The lowest BCUT2D eigenvalue weighted by Gasteiger charge is -2.49. The lowest BCUT2D eigenvalue weighted by molar-refractivity contribution is -0.0480. The Kier molecular flexibility index (Phi) is 2.82. The maximum Gasteiger partial charge on any atom is 0.147 e. The molecule has 0 spiro atoms. The Balaban J connectivity index is 1.83. The van der Waals surface area contributed by atoms with Crippen molar-refractivity contribution >= 4 is 0 Å². The van der Waals surface area contributed by atoms with Crippen molar-refractivity contribution in [1.29, 1.82) is 0 Å². The molecule has 1 N–H and O–H groups in total. The fourth-order valence-electron chi connectivity index (χ4n) is 2.79. The molecule has 0 aliphatic carbocycles. The first-order valence-electron chi connectivity index (χ1n) is 5.99. The van der Waals surface area contributed by atoms with Gasteiger partial charge in [-0.15, -0.1) is 0 Å². The maximum absolute atomic E-state index is 13.6. The molecule has 0 amide bonds. The fraction of sp³-hybridized carbons (Fsp3) is 0.583. The molecule has 1 aromatic heterocycles. The number of hydrogen-bond donors (Lipinski definition) is 1. The number of aliphatic hydroxyl groups is 1. The SMILES string of the molecule is OC(c1ccncc1F)C1CN2CCN1CC2. The zero-order valence-corrected chi connectivity index (χ0v) is 9.59. The second-order valence-electron chi connectivity index (χ2n) is 4.75. The van der Waals surface area contributed by atoms with Crippen LogP contribution in [0, 0.1) is 5.82 Å². The molecule has 3 aliphatic rings. The summed E-state index contributed by atoms with van der Waals surface area (Å²) >= 11 is 0. The van der Waals surface area contributed by atoms with Crippen LogP contribution in [0.4, 0.5) is 4.39 Å². The van der Waals surface area contributed by atoms with E-state index in [2.05, 4.69) is 14.8 Å². The summed E-state index contributed by atoms with van der Waals surface area (Å²) in [5.74, 6) is -0.419. The highest BCUT2D eigenvalue weighted by Gasteiger charge is 2.37. The molecule has 0 radical (unpaired) electrons. The number of hydrogen-bond acceptors (Lipinski definition) is 4. The molecule has 0 aromatic carbocycles. The third kappa shape index (κ3) is 1.94. The summed E-state index contributed by atoms with van der Waals surface area (Å²) in [6.45, 7) is 4.87. The average molecular weight is 237 g/mol.